The Balaban J connectivity index is 1.96. The lowest BCUT2D eigenvalue weighted by molar-refractivity contribution is 1.05. The van der Waals surface area contributed by atoms with Gasteiger partial charge in [0.25, 0.3) is 0 Å². The first kappa shape index (κ1) is 12.7. The number of fused-ring (bicyclic) bond motifs is 4. The van der Waals surface area contributed by atoms with Crippen molar-refractivity contribution in [1.29, 1.82) is 0 Å². The summed E-state index contributed by atoms with van der Waals surface area (Å²) in [6, 6.07) is 18.7. The van der Waals surface area contributed by atoms with Crippen molar-refractivity contribution < 1.29 is 0 Å². The molecule has 0 amide bonds. The zero-order valence-electron chi connectivity index (χ0n) is 12.1. The van der Waals surface area contributed by atoms with Gasteiger partial charge in [-0.15, -0.1) is 16.4 Å². The molecule has 5 rings (SSSR count). The molecule has 0 unspecified atom stereocenters. The second-order valence-electron chi connectivity index (χ2n) is 5.41. The van der Waals surface area contributed by atoms with Crippen molar-refractivity contribution in [3.8, 4) is 11.4 Å². The summed E-state index contributed by atoms with van der Waals surface area (Å²) >= 11 is 1.75. The van der Waals surface area contributed by atoms with Gasteiger partial charge in [-0.1, -0.05) is 42.5 Å². The number of benzene rings is 2. The van der Waals surface area contributed by atoms with Crippen LogP contribution in [0.25, 0.3) is 42.3 Å². The average Bonchev–Trinajstić information content (AvgIpc) is 3.00. The Morgan fingerprint density at radius 1 is 0.739 bits per heavy atom. The second kappa shape index (κ2) is 4.83. The van der Waals surface area contributed by atoms with E-state index in [1.807, 2.05) is 30.6 Å². The van der Waals surface area contributed by atoms with Gasteiger partial charge in [0.1, 0.15) is 5.69 Å². The van der Waals surface area contributed by atoms with Crippen LogP contribution >= 0.6 is 11.3 Å². The lowest BCUT2D eigenvalue weighted by Gasteiger charge is -2.06. The van der Waals surface area contributed by atoms with E-state index in [2.05, 4.69) is 51.6 Å². The first-order valence-electron chi connectivity index (χ1n) is 7.39. The molecule has 4 heteroatoms. The molecule has 0 saturated carbocycles. The number of aromatic nitrogens is 3. The third kappa shape index (κ3) is 1.85. The van der Waals surface area contributed by atoms with Crippen molar-refractivity contribution in [3.05, 3.63) is 67.0 Å². The molecule has 0 N–H and O–H groups in total. The van der Waals surface area contributed by atoms with Crippen LogP contribution < -0.4 is 0 Å². The third-order valence-electron chi connectivity index (χ3n) is 4.09. The summed E-state index contributed by atoms with van der Waals surface area (Å²) in [4.78, 5) is 4.62. The van der Waals surface area contributed by atoms with Crippen molar-refractivity contribution >= 4 is 42.3 Å². The van der Waals surface area contributed by atoms with Gasteiger partial charge in [-0.05, 0) is 17.5 Å². The zero-order chi connectivity index (χ0) is 15.2. The van der Waals surface area contributed by atoms with Crippen LogP contribution in [0.5, 0.6) is 0 Å². The molecule has 0 aliphatic rings. The molecule has 108 valence electrons. The van der Waals surface area contributed by atoms with Crippen molar-refractivity contribution in [3.63, 3.8) is 0 Å². The van der Waals surface area contributed by atoms with Gasteiger partial charge < -0.3 is 0 Å². The SMILES string of the molecule is c1ccc2c(-c3nncc4sc5ccccc5c34)nccc2c1. The van der Waals surface area contributed by atoms with Crippen LogP contribution in [0.3, 0.4) is 0 Å². The summed E-state index contributed by atoms with van der Waals surface area (Å²) < 4.78 is 2.39. The molecule has 3 heterocycles. The molecule has 0 fully saturated rings. The minimum atomic E-state index is 0.858. The molecule has 0 atom stereocenters. The van der Waals surface area contributed by atoms with E-state index in [4.69, 9.17) is 0 Å². The largest absolute Gasteiger partial charge is 0.254 e. The molecule has 0 spiro atoms. The fourth-order valence-electron chi connectivity index (χ4n) is 3.06. The van der Waals surface area contributed by atoms with E-state index in [1.165, 1.54) is 10.1 Å². The Hall–Kier alpha value is -2.85. The van der Waals surface area contributed by atoms with Crippen LogP contribution in [-0.4, -0.2) is 15.2 Å². The summed E-state index contributed by atoms with van der Waals surface area (Å²) in [6.45, 7) is 0. The van der Waals surface area contributed by atoms with Crippen LogP contribution in [0.15, 0.2) is 67.0 Å². The van der Waals surface area contributed by atoms with Crippen molar-refractivity contribution in [2.75, 3.05) is 0 Å². The van der Waals surface area contributed by atoms with E-state index in [1.54, 1.807) is 11.3 Å². The fourth-order valence-corrected chi connectivity index (χ4v) is 4.13. The Morgan fingerprint density at radius 2 is 1.57 bits per heavy atom. The highest BCUT2D eigenvalue weighted by Crippen LogP contribution is 2.39. The highest BCUT2D eigenvalue weighted by atomic mass is 32.1. The first-order chi connectivity index (χ1) is 11.4. The zero-order valence-corrected chi connectivity index (χ0v) is 12.9. The van der Waals surface area contributed by atoms with Crippen molar-refractivity contribution in [2.45, 2.75) is 0 Å². The summed E-state index contributed by atoms with van der Waals surface area (Å²) in [5.41, 5.74) is 1.75. The minimum Gasteiger partial charge on any atom is -0.254 e. The predicted octanol–water partition coefficient (Wildman–Crippen LogP) is 5.06. The summed E-state index contributed by atoms with van der Waals surface area (Å²) in [6.07, 6.45) is 3.68. The van der Waals surface area contributed by atoms with Gasteiger partial charge >= 0.3 is 0 Å². The summed E-state index contributed by atoms with van der Waals surface area (Å²) in [5.74, 6) is 0. The molecule has 0 bridgehead atoms. The Morgan fingerprint density at radius 3 is 2.52 bits per heavy atom. The van der Waals surface area contributed by atoms with Gasteiger partial charge in [0.2, 0.25) is 0 Å². The molecule has 3 nitrogen and oxygen atoms in total. The number of pyridine rings is 1. The first-order valence-corrected chi connectivity index (χ1v) is 8.20. The van der Waals surface area contributed by atoms with Gasteiger partial charge in [-0.2, -0.15) is 5.10 Å². The van der Waals surface area contributed by atoms with Gasteiger partial charge in [0.05, 0.1) is 16.6 Å². The van der Waals surface area contributed by atoms with Gasteiger partial charge in [0.15, 0.2) is 0 Å². The molecule has 5 aromatic rings. The summed E-state index contributed by atoms with van der Waals surface area (Å²) in [5, 5.41) is 13.3. The van der Waals surface area contributed by atoms with Crippen LogP contribution in [0.2, 0.25) is 0 Å². The lowest BCUT2D eigenvalue weighted by atomic mass is 10.0. The number of nitrogens with zero attached hydrogens (tertiary/aromatic N) is 3. The number of hydrogen-bond acceptors (Lipinski definition) is 4. The maximum absolute atomic E-state index is 4.62. The van der Waals surface area contributed by atoms with Crippen LogP contribution in [0.4, 0.5) is 0 Å². The molecular formula is C19H11N3S. The summed E-state index contributed by atoms with van der Waals surface area (Å²) in [7, 11) is 0. The highest BCUT2D eigenvalue weighted by Gasteiger charge is 2.15. The normalized spacial score (nSPS) is 11.5. The fraction of sp³-hybridized carbons (Fsp3) is 0. The van der Waals surface area contributed by atoms with E-state index in [9.17, 15) is 0 Å². The van der Waals surface area contributed by atoms with E-state index in [0.717, 1.165) is 32.2 Å². The predicted molar refractivity (Wildman–Crippen MR) is 95.7 cm³/mol. The maximum atomic E-state index is 4.62. The van der Waals surface area contributed by atoms with E-state index in [-0.39, 0.29) is 0 Å². The Labute approximate surface area is 136 Å². The second-order valence-corrected chi connectivity index (χ2v) is 6.50. The van der Waals surface area contributed by atoms with Gasteiger partial charge in [0, 0.05) is 27.1 Å². The number of rotatable bonds is 1. The molecule has 2 aromatic carbocycles. The number of thiophene rings is 1. The van der Waals surface area contributed by atoms with E-state index in [0.29, 0.717) is 0 Å². The Kier molecular flexibility index (Phi) is 2.66. The van der Waals surface area contributed by atoms with Crippen LogP contribution in [0, 0.1) is 0 Å². The third-order valence-corrected chi connectivity index (χ3v) is 5.20. The molecule has 0 aliphatic heterocycles. The lowest BCUT2D eigenvalue weighted by Crippen LogP contribution is -1.92. The minimum absolute atomic E-state index is 0.858. The van der Waals surface area contributed by atoms with Crippen molar-refractivity contribution in [1.82, 2.24) is 15.2 Å². The van der Waals surface area contributed by atoms with Crippen molar-refractivity contribution in [2.24, 2.45) is 0 Å². The molecule has 0 aliphatic carbocycles. The van der Waals surface area contributed by atoms with Gasteiger partial charge in [-0.3, -0.25) is 4.98 Å². The molecule has 3 aromatic heterocycles. The number of hydrogen-bond donors (Lipinski definition) is 0. The monoisotopic (exact) mass is 313 g/mol. The van der Waals surface area contributed by atoms with Gasteiger partial charge in [-0.25, -0.2) is 0 Å². The Bertz CT molecular complexity index is 1170. The van der Waals surface area contributed by atoms with E-state index >= 15 is 0 Å². The quantitative estimate of drug-likeness (QED) is 0.434. The molecular weight excluding hydrogens is 302 g/mol. The average molecular weight is 313 g/mol. The highest BCUT2D eigenvalue weighted by molar-refractivity contribution is 7.25. The smallest absolute Gasteiger partial charge is 0.121 e. The molecule has 0 radical (unpaired) electrons. The molecule has 23 heavy (non-hydrogen) atoms. The topological polar surface area (TPSA) is 38.7 Å². The molecule has 0 saturated heterocycles. The maximum Gasteiger partial charge on any atom is 0.121 e. The van der Waals surface area contributed by atoms with Crippen LogP contribution in [-0.2, 0) is 0 Å². The van der Waals surface area contributed by atoms with Crippen LogP contribution in [0.1, 0.15) is 0 Å². The standard InChI is InChI=1S/C19H11N3S/c1-2-6-13-12(5-1)9-10-20-18(13)19-17-14-7-3-4-8-15(14)23-16(17)11-21-22-19/h1-11H. The van der Waals surface area contributed by atoms with E-state index < -0.39 is 0 Å².